The number of amides is 3. The number of nitrogens with zero attached hydrogens (tertiary/aromatic N) is 1. The molecule has 1 aliphatic carbocycles. The Morgan fingerprint density at radius 2 is 1.34 bits per heavy atom. The summed E-state index contributed by atoms with van der Waals surface area (Å²) in [4.78, 5) is 42.0. The van der Waals surface area contributed by atoms with Crippen LogP contribution in [0.5, 0.6) is 0 Å². The molecule has 1 aliphatic heterocycles. The molecule has 4 aromatic carbocycles. The minimum Gasteiger partial charge on any atom is -0.346 e. The molecular weight excluding hydrogens is 660 g/mol. The Bertz CT molecular complexity index is 1860. The summed E-state index contributed by atoms with van der Waals surface area (Å²) in [7, 11) is 0. The van der Waals surface area contributed by atoms with Crippen LogP contribution in [0.1, 0.15) is 52.7 Å². The predicted molar refractivity (Wildman–Crippen MR) is 175 cm³/mol. The molecule has 4 aromatic rings. The number of alkyl halides is 6. The number of hydrogen-bond acceptors (Lipinski definition) is 3. The molecule has 0 bridgehead atoms. The molecule has 2 N–H and O–H groups in total. The van der Waals surface area contributed by atoms with Crippen LogP contribution >= 0.6 is 0 Å². The maximum atomic E-state index is 13.7. The standard InChI is InChI=1S/C38H33F6N3O3/c39-37(40,41)23-45-35(50)36(30-13-5-3-10-27(30)28-11-4-6-14-31(28)36)20-7-8-21-47-22-19-32(34(47)49)46-33(48)29-12-2-1-9-26(29)24-15-17-25(18-16-24)38(42,43)44/h1-6,9-18,32H,7-8,19-23H2,(H,45,50)(H,46,48). The van der Waals surface area contributed by atoms with E-state index in [1.54, 1.807) is 53.4 Å². The van der Waals surface area contributed by atoms with E-state index in [0.29, 0.717) is 54.6 Å². The van der Waals surface area contributed by atoms with E-state index < -0.39 is 47.7 Å². The van der Waals surface area contributed by atoms with Gasteiger partial charge in [0, 0.05) is 18.7 Å². The number of hydrogen-bond donors (Lipinski definition) is 2. The van der Waals surface area contributed by atoms with Crippen molar-refractivity contribution in [1.82, 2.24) is 15.5 Å². The largest absolute Gasteiger partial charge is 0.416 e. The first-order chi connectivity index (χ1) is 23.8. The molecule has 0 radical (unpaired) electrons. The summed E-state index contributed by atoms with van der Waals surface area (Å²) in [5.41, 5.74) is 1.75. The fraction of sp³-hybridized carbons (Fsp3) is 0.289. The molecule has 1 fully saturated rings. The van der Waals surface area contributed by atoms with E-state index in [2.05, 4.69) is 10.6 Å². The van der Waals surface area contributed by atoms with Crippen molar-refractivity contribution >= 4 is 17.7 Å². The van der Waals surface area contributed by atoms with E-state index in [-0.39, 0.29) is 17.9 Å². The van der Waals surface area contributed by atoms with Crippen molar-refractivity contribution in [3.05, 3.63) is 119 Å². The van der Waals surface area contributed by atoms with Gasteiger partial charge >= 0.3 is 12.4 Å². The van der Waals surface area contributed by atoms with Gasteiger partial charge in [-0.25, -0.2) is 0 Å². The summed E-state index contributed by atoms with van der Waals surface area (Å²) in [6, 6.07) is 24.5. The number of benzene rings is 4. The summed E-state index contributed by atoms with van der Waals surface area (Å²) in [5, 5.41) is 4.89. The van der Waals surface area contributed by atoms with Crippen LogP contribution in [0.4, 0.5) is 26.3 Å². The van der Waals surface area contributed by atoms with Gasteiger partial charge in [0.05, 0.1) is 5.56 Å². The van der Waals surface area contributed by atoms with Gasteiger partial charge in [-0.05, 0) is 77.3 Å². The zero-order valence-electron chi connectivity index (χ0n) is 26.7. The van der Waals surface area contributed by atoms with Gasteiger partial charge in [0.1, 0.15) is 18.0 Å². The second kappa shape index (κ2) is 13.6. The smallest absolute Gasteiger partial charge is 0.346 e. The highest BCUT2D eigenvalue weighted by molar-refractivity contribution is 6.03. The van der Waals surface area contributed by atoms with E-state index in [0.717, 1.165) is 23.3 Å². The van der Waals surface area contributed by atoms with Crippen molar-refractivity contribution in [1.29, 1.82) is 0 Å². The minimum absolute atomic E-state index is 0.213. The number of halogens is 6. The second-order valence-corrected chi connectivity index (χ2v) is 12.5. The van der Waals surface area contributed by atoms with Crippen LogP contribution in [0, 0.1) is 0 Å². The molecule has 0 aromatic heterocycles. The number of likely N-dealkylation sites (tertiary alicyclic amines) is 1. The fourth-order valence-electron chi connectivity index (χ4n) is 7.08. The highest BCUT2D eigenvalue weighted by Gasteiger charge is 2.49. The second-order valence-electron chi connectivity index (χ2n) is 12.5. The first kappa shape index (κ1) is 34.7. The van der Waals surface area contributed by atoms with E-state index in [1.807, 2.05) is 24.3 Å². The van der Waals surface area contributed by atoms with Crippen molar-refractivity contribution in [2.75, 3.05) is 19.6 Å². The number of carbonyl (C=O) groups excluding carboxylic acids is 3. The van der Waals surface area contributed by atoms with Gasteiger partial charge in [0.15, 0.2) is 0 Å². The number of unbranched alkanes of at least 4 members (excludes halogenated alkanes) is 1. The zero-order chi connectivity index (χ0) is 35.7. The minimum atomic E-state index is -4.58. The topological polar surface area (TPSA) is 78.5 Å². The molecule has 2 aliphatic rings. The maximum Gasteiger partial charge on any atom is 0.416 e. The van der Waals surface area contributed by atoms with E-state index in [9.17, 15) is 40.7 Å². The van der Waals surface area contributed by atoms with Crippen LogP contribution in [-0.4, -0.2) is 54.5 Å². The van der Waals surface area contributed by atoms with E-state index >= 15 is 0 Å². The van der Waals surface area contributed by atoms with Gasteiger partial charge in [0.2, 0.25) is 11.8 Å². The third kappa shape index (κ3) is 6.83. The molecule has 3 amide bonds. The predicted octanol–water partition coefficient (Wildman–Crippen LogP) is 7.52. The molecule has 0 saturated carbocycles. The molecular formula is C38H33F6N3O3. The Morgan fingerprint density at radius 1 is 0.760 bits per heavy atom. The molecule has 1 saturated heterocycles. The Balaban J connectivity index is 1.11. The monoisotopic (exact) mass is 693 g/mol. The van der Waals surface area contributed by atoms with Gasteiger partial charge < -0.3 is 15.5 Å². The first-order valence-corrected chi connectivity index (χ1v) is 16.2. The molecule has 1 atom stereocenters. The van der Waals surface area contributed by atoms with Crippen LogP contribution in [0.15, 0.2) is 97.1 Å². The van der Waals surface area contributed by atoms with Crippen molar-refractivity contribution in [3.8, 4) is 22.3 Å². The average molecular weight is 694 g/mol. The summed E-state index contributed by atoms with van der Waals surface area (Å²) in [6.45, 7) is -0.772. The Kier molecular flexibility index (Phi) is 9.48. The Labute approximate surface area is 284 Å². The molecule has 12 heteroatoms. The number of rotatable bonds is 10. The van der Waals surface area contributed by atoms with Gasteiger partial charge in [0.25, 0.3) is 5.91 Å². The lowest BCUT2D eigenvalue weighted by molar-refractivity contribution is -0.141. The van der Waals surface area contributed by atoms with Crippen LogP contribution < -0.4 is 10.6 Å². The normalized spacial score (nSPS) is 16.6. The molecule has 50 heavy (non-hydrogen) atoms. The lowest BCUT2D eigenvalue weighted by atomic mass is 9.73. The van der Waals surface area contributed by atoms with E-state index in [1.165, 1.54) is 12.1 Å². The maximum absolute atomic E-state index is 13.7. The highest BCUT2D eigenvalue weighted by atomic mass is 19.4. The van der Waals surface area contributed by atoms with Gasteiger partial charge in [-0.15, -0.1) is 0 Å². The summed E-state index contributed by atoms with van der Waals surface area (Å²) in [6.07, 6.45) is -7.64. The molecule has 6 nitrogen and oxygen atoms in total. The number of fused-ring (bicyclic) bond motifs is 3. The highest BCUT2D eigenvalue weighted by Crippen LogP contribution is 2.51. The average Bonchev–Trinajstić information content (AvgIpc) is 3.59. The molecule has 0 spiro atoms. The third-order valence-corrected chi connectivity index (χ3v) is 9.43. The van der Waals surface area contributed by atoms with Crippen LogP contribution in [-0.2, 0) is 21.2 Å². The van der Waals surface area contributed by atoms with Crippen LogP contribution in [0.25, 0.3) is 22.3 Å². The molecule has 1 heterocycles. The summed E-state index contributed by atoms with van der Waals surface area (Å²) < 4.78 is 78.7. The van der Waals surface area contributed by atoms with Gasteiger partial charge in [-0.2, -0.15) is 26.3 Å². The summed E-state index contributed by atoms with van der Waals surface area (Å²) >= 11 is 0. The van der Waals surface area contributed by atoms with Crippen LogP contribution in [0.2, 0.25) is 0 Å². The Morgan fingerprint density at radius 3 is 1.94 bits per heavy atom. The fourth-order valence-corrected chi connectivity index (χ4v) is 7.08. The Hall–Kier alpha value is -5.13. The van der Waals surface area contributed by atoms with Crippen molar-refractivity contribution < 1.29 is 40.7 Å². The number of nitrogens with one attached hydrogen (secondary N) is 2. The molecule has 1 unspecified atom stereocenters. The first-order valence-electron chi connectivity index (χ1n) is 16.2. The molecule has 260 valence electrons. The number of carbonyl (C=O) groups is 3. The third-order valence-electron chi connectivity index (χ3n) is 9.43. The molecule has 6 rings (SSSR count). The lowest BCUT2D eigenvalue weighted by Gasteiger charge is -2.31. The van der Waals surface area contributed by atoms with Gasteiger partial charge in [-0.1, -0.05) is 78.9 Å². The SMILES string of the molecule is O=C(NC1CCN(CCCCC2(C(=O)NCC(F)(F)F)c3ccccc3-c3ccccc32)C1=O)c1ccccc1-c1ccc(C(F)(F)F)cc1. The zero-order valence-corrected chi connectivity index (χ0v) is 26.7. The van der Waals surface area contributed by atoms with Crippen molar-refractivity contribution in [2.45, 2.75) is 49.5 Å². The van der Waals surface area contributed by atoms with Gasteiger partial charge in [-0.3, -0.25) is 14.4 Å². The van der Waals surface area contributed by atoms with Crippen molar-refractivity contribution in [3.63, 3.8) is 0 Å². The van der Waals surface area contributed by atoms with Crippen LogP contribution in [0.3, 0.4) is 0 Å². The summed E-state index contributed by atoms with van der Waals surface area (Å²) in [5.74, 6) is -1.56. The quantitative estimate of drug-likeness (QED) is 0.133. The lowest BCUT2D eigenvalue weighted by Crippen LogP contribution is -2.47. The van der Waals surface area contributed by atoms with Crippen molar-refractivity contribution in [2.24, 2.45) is 0 Å². The van der Waals surface area contributed by atoms with E-state index in [4.69, 9.17) is 0 Å².